The molecule has 0 fully saturated rings. The molecule has 0 atom stereocenters. The highest BCUT2D eigenvalue weighted by molar-refractivity contribution is 7.26. The van der Waals surface area contributed by atoms with Gasteiger partial charge in [-0.1, -0.05) is 110 Å². The third-order valence-electron chi connectivity index (χ3n) is 8.79. The van der Waals surface area contributed by atoms with Gasteiger partial charge in [-0.05, 0) is 28.9 Å². The third kappa shape index (κ3) is 3.07. The molecule has 0 bridgehead atoms. The smallest absolute Gasteiger partial charge is 0.162 e. The van der Waals surface area contributed by atoms with Crippen molar-refractivity contribution in [2.45, 2.75) is 13.1 Å². The van der Waals surface area contributed by atoms with Crippen LogP contribution >= 0.6 is 11.3 Å². The largest absolute Gasteiger partial charge is 0.294 e. The standard InChI is InChI=1S/C36H25N3SSi/c1-41(2)30-19-11-8-16-26(30)32-34(41)36(38-35(37-32)22-12-4-3-5-13-22)39-27-17-9-6-15-25(27)31-28(39)21-20-24-23-14-7-10-18-29(23)40-33(24)31/h3-21H,1-2H3. The topological polar surface area (TPSA) is 30.7 Å². The first-order valence-corrected chi connectivity index (χ1v) is 17.8. The summed E-state index contributed by atoms with van der Waals surface area (Å²) in [6, 6.07) is 41.5. The van der Waals surface area contributed by atoms with Crippen molar-refractivity contribution in [1.29, 1.82) is 0 Å². The highest BCUT2D eigenvalue weighted by Gasteiger charge is 2.42. The predicted molar refractivity (Wildman–Crippen MR) is 177 cm³/mol. The van der Waals surface area contributed by atoms with Crippen molar-refractivity contribution in [2.75, 3.05) is 0 Å². The fourth-order valence-electron chi connectivity index (χ4n) is 6.93. The predicted octanol–water partition coefficient (Wildman–Crippen LogP) is 8.41. The van der Waals surface area contributed by atoms with Gasteiger partial charge in [-0.15, -0.1) is 11.3 Å². The zero-order valence-corrected chi connectivity index (χ0v) is 24.5. The first-order chi connectivity index (χ1) is 20.1. The summed E-state index contributed by atoms with van der Waals surface area (Å²) in [5.41, 5.74) is 5.77. The number of thiophene rings is 1. The van der Waals surface area contributed by atoms with Crippen molar-refractivity contribution < 1.29 is 0 Å². The van der Waals surface area contributed by atoms with Gasteiger partial charge in [0.2, 0.25) is 0 Å². The van der Waals surface area contributed by atoms with Crippen molar-refractivity contribution in [1.82, 2.24) is 14.5 Å². The maximum Gasteiger partial charge on any atom is 0.162 e. The van der Waals surface area contributed by atoms with Gasteiger partial charge < -0.3 is 0 Å². The summed E-state index contributed by atoms with van der Waals surface area (Å²) in [5, 5.41) is 7.97. The number of rotatable bonds is 2. The third-order valence-corrected chi connectivity index (χ3v) is 13.5. The molecule has 5 aromatic carbocycles. The molecule has 0 N–H and O–H groups in total. The molecule has 3 aromatic heterocycles. The minimum atomic E-state index is -2.10. The van der Waals surface area contributed by atoms with E-state index in [0.717, 1.165) is 22.9 Å². The summed E-state index contributed by atoms with van der Waals surface area (Å²) >= 11 is 1.89. The molecule has 41 heavy (non-hydrogen) atoms. The number of benzene rings is 5. The molecular weight excluding hydrogens is 535 g/mol. The van der Waals surface area contributed by atoms with Crippen LogP contribution in [0.15, 0.2) is 115 Å². The maximum atomic E-state index is 5.45. The first kappa shape index (κ1) is 23.2. The zero-order chi connectivity index (χ0) is 27.3. The van der Waals surface area contributed by atoms with Gasteiger partial charge in [0.1, 0.15) is 13.9 Å². The summed E-state index contributed by atoms with van der Waals surface area (Å²) in [7, 11) is -2.10. The summed E-state index contributed by atoms with van der Waals surface area (Å²) in [6.45, 7) is 4.90. The summed E-state index contributed by atoms with van der Waals surface area (Å²) in [5.74, 6) is 1.79. The normalized spacial score (nSPS) is 13.8. The Bertz CT molecular complexity index is 2350. The fourth-order valence-corrected chi connectivity index (χ4v) is 11.4. The lowest BCUT2D eigenvalue weighted by atomic mass is 10.1. The number of para-hydroxylation sites is 1. The molecule has 194 valence electrons. The van der Waals surface area contributed by atoms with Gasteiger partial charge in [0.25, 0.3) is 0 Å². The molecule has 8 aromatic rings. The Morgan fingerprint density at radius 3 is 2.24 bits per heavy atom. The van der Waals surface area contributed by atoms with E-state index in [9.17, 15) is 0 Å². The molecule has 3 nitrogen and oxygen atoms in total. The highest BCUT2D eigenvalue weighted by atomic mass is 32.1. The van der Waals surface area contributed by atoms with Gasteiger partial charge in [-0.2, -0.15) is 0 Å². The van der Waals surface area contributed by atoms with Crippen LogP contribution in [0, 0.1) is 0 Å². The van der Waals surface area contributed by atoms with E-state index < -0.39 is 8.07 Å². The van der Waals surface area contributed by atoms with Gasteiger partial charge in [-0.25, -0.2) is 9.97 Å². The van der Waals surface area contributed by atoms with Gasteiger partial charge in [0.15, 0.2) is 5.82 Å². The van der Waals surface area contributed by atoms with Crippen LogP contribution in [-0.2, 0) is 0 Å². The lowest BCUT2D eigenvalue weighted by Gasteiger charge is -2.22. The second kappa shape index (κ2) is 8.23. The Morgan fingerprint density at radius 2 is 1.37 bits per heavy atom. The number of fused-ring (bicyclic) bond motifs is 10. The SMILES string of the molecule is C[Si]1(C)c2ccccc2-c2nc(-c3ccccc3)nc(-n3c4ccccc4c4c5sc6ccccc6c5ccc43)c21. The Balaban J connectivity index is 1.47. The molecule has 1 aliphatic rings. The second-order valence-electron chi connectivity index (χ2n) is 11.4. The van der Waals surface area contributed by atoms with Gasteiger partial charge in [0.05, 0.1) is 16.7 Å². The second-order valence-corrected chi connectivity index (χ2v) is 16.8. The average Bonchev–Trinajstić information content (AvgIpc) is 3.63. The minimum absolute atomic E-state index is 0.773. The van der Waals surface area contributed by atoms with E-state index in [-0.39, 0.29) is 0 Å². The molecule has 4 heterocycles. The quantitative estimate of drug-likeness (QED) is 0.199. The van der Waals surface area contributed by atoms with Crippen LogP contribution in [0.2, 0.25) is 13.1 Å². The maximum absolute atomic E-state index is 5.45. The molecule has 5 heteroatoms. The monoisotopic (exact) mass is 559 g/mol. The van der Waals surface area contributed by atoms with E-state index in [1.165, 1.54) is 57.9 Å². The van der Waals surface area contributed by atoms with Crippen molar-refractivity contribution >= 4 is 71.8 Å². The molecule has 0 spiro atoms. The van der Waals surface area contributed by atoms with E-state index in [4.69, 9.17) is 9.97 Å². The Labute approximate surface area is 242 Å². The highest BCUT2D eigenvalue weighted by Crippen LogP contribution is 2.43. The summed E-state index contributed by atoms with van der Waals surface area (Å²) in [6.07, 6.45) is 0. The van der Waals surface area contributed by atoms with Crippen LogP contribution in [-0.4, -0.2) is 22.6 Å². The lowest BCUT2D eigenvalue weighted by Crippen LogP contribution is -2.51. The molecule has 0 amide bonds. The van der Waals surface area contributed by atoms with Crippen LogP contribution in [0.1, 0.15) is 0 Å². The molecule has 1 aliphatic heterocycles. The van der Waals surface area contributed by atoms with Crippen LogP contribution in [0.5, 0.6) is 0 Å². The van der Waals surface area contributed by atoms with E-state index in [2.05, 4.69) is 127 Å². The number of hydrogen-bond donors (Lipinski definition) is 0. The van der Waals surface area contributed by atoms with E-state index in [1.54, 1.807) is 0 Å². The molecule has 0 unspecified atom stereocenters. The molecule has 9 rings (SSSR count). The lowest BCUT2D eigenvalue weighted by molar-refractivity contribution is 1.06. The number of hydrogen-bond acceptors (Lipinski definition) is 3. The van der Waals surface area contributed by atoms with Crippen LogP contribution < -0.4 is 10.4 Å². The van der Waals surface area contributed by atoms with Crippen LogP contribution in [0.25, 0.3) is 70.4 Å². The Morgan fingerprint density at radius 1 is 0.634 bits per heavy atom. The summed E-state index contributed by atoms with van der Waals surface area (Å²) in [4.78, 5) is 10.7. The van der Waals surface area contributed by atoms with Crippen molar-refractivity contribution in [3.05, 3.63) is 115 Å². The fraction of sp³-hybridized carbons (Fsp3) is 0.0556. The van der Waals surface area contributed by atoms with Crippen molar-refractivity contribution in [3.8, 4) is 28.5 Å². The Hall–Kier alpha value is -4.58. The average molecular weight is 560 g/mol. The van der Waals surface area contributed by atoms with E-state index in [1.807, 2.05) is 17.4 Å². The van der Waals surface area contributed by atoms with E-state index in [0.29, 0.717) is 0 Å². The number of aromatic nitrogens is 3. The van der Waals surface area contributed by atoms with Crippen LogP contribution in [0.3, 0.4) is 0 Å². The Kier molecular flexibility index (Phi) is 4.65. The van der Waals surface area contributed by atoms with Crippen LogP contribution in [0.4, 0.5) is 0 Å². The zero-order valence-electron chi connectivity index (χ0n) is 22.7. The molecule has 0 saturated heterocycles. The first-order valence-electron chi connectivity index (χ1n) is 14.0. The van der Waals surface area contributed by atoms with E-state index >= 15 is 0 Å². The minimum Gasteiger partial charge on any atom is -0.294 e. The molecular formula is C36H25N3SSi. The van der Waals surface area contributed by atoms with Gasteiger partial charge >= 0.3 is 0 Å². The van der Waals surface area contributed by atoms with Gasteiger partial charge in [0, 0.05) is 41.7 Å². The molecule has 0 radical (unpaired) electrons. The van der Waals surface area contributed by atoms with Gasteiger partial charge in [-0.3, -0.25) is 4.57 Å². The van der Waals surface area contributed by atoms with Crippen molar-refractivity contribution in [2.24, 2.45) is 0 Å². The summed E-state index contributed by atoms with van der Waals surface area (Å²) < 4.78 is 5.10. The molecule has 0 aliphatic carbocycles. The molecule has 0 saturated carbocycles. The van der Waals surface area contributed by atoms with Crippen molar-refractivity contribution in [3.63, 3.8) is 0 Å². The number of nitrogens with zero attached hydrogens (tertiary/aromatic N) is 3.